The van der Waals surface area contributed by atoms with E-state index in [4.69, 9.17) is 9.47 Å². The van der Waals surface area contributed by atoms with Crippen molar-refractivity contribution in [1.82, 2.24) is 0 Å². The lowest BCUT2D eigenvalue weighted by atomic mass is 9.51. The number of carbonyl (C=O) groups is 4. The van der Waals surface area contributed by atoms with Crippen molar-refractivity contribution < 1.29 is 28.7 Å². The molecule has 0 spiro atoms. The molecule has 4 aliphatic rings. The van der Waals surface area contributed by atoms with E-state index in [0.29, 0.717) is 31.3 Å². The van der Waals surface area contributed by atoms with Crippen LogP contribution in [0.5, 0.6) is 0 Å². The van der Waals surface area contributed by atoms with Gasteiger partial charge in [-0.05, 0) is 30.8 Å². The van der Waals surface area contributed by atoms with E-state index in [1.54, 1.807) is 0 Å². The van der Waals surface area contributed by atoms with Crippen molar-refractivity contribution in [3.63, 3.8) is 0 Å². The number of Topliss-reactive ketones (excluding diaryl/α,β-unsaturated/α-hetero) is 3. The Labute approximate surface area is 165 Å². The van der Waals surface area contributed by atoms with Crippen LogP contribution in [0.3, 0.4) is 0 Å². The number of hydrogen-bond donors (Lipinski definition) is 0. The maximum absolute atomic E-state index is 13.3. The van der Waals surface area contributed by atoms with Crippen molar-refractivity contribution in [2.45, 2.75) is 77.6 Å². The van der Waals surface area contributed by atoms with Gasteiger partial charge in [0.05, 0.1) is 0 Å². The summed E-state index contributed by atoms with van der Waals surface area (Å²) >= 11 is 0. The topological polar surface area (TPSA) is 90.0 Å². The summed E-state index contributed by atoms with van der Waals surface area (Å²) in [6, 6.07) is 0. The van der Waals surface area contributed by atoms with E-state index in [-0.39, 0.29) is 47.7 Å². The van der Waals surface area contributed by atoms with Crippen LogP contribution in [0.25, 0.3) is 0 Å². The fraction of sp³-hybridized carbons (Fsp3) is 0.727. The first-order valence-electron chi connectivity index (χ1n) is 10.1. The Morgan fingerprint density at radius 1 is 1.14 bits per heavy atom. The molecular weight excluding hydrogens is 360 g/mol. The van der Waals surface area contributed by atoms with Gasteiger partial charge in [-0.25, -0.2) is 0 Å². The van der Waals surface area contributed by atoms with Gasteiger partial charge in [0.1, 0.15) is 18.0 Å². The van der Waals surface area contributed by atoms with Gasteiger partial charge in [-0.15, -0.1) is 0 Å². The largest absolute Gasteiger partial charge is 0.462 e. The number of ketones is 3. The molecule has 152 valence electrons. The Morgan fingerprint density at radius 2 is 1.82 bits per heavy atom. The van der Waals surface area contributed by atoms with E-state index in [9.17, 15) is 19.2 Å². The second-order valence-corrected chi connectivity index (χ2v) is 9.75. The predicted molar refractivity (Wildman–Crippen MR) is 99.3 cm³/mol. The zero-order valence-electron chi connectivity index (χ0n) is 17.0. The van der Waals surface area contributed by atoms with Crippen LogP contribution >= 0.6 is 0 Å². The number of hydrogen-bond acceptors (Lipinski definition) is 6. The van der Waals surface area contributed by atoms with Crippen LogP contribution < -0.4 is 0 Å². The highest BCUT2D eigenvalue weighted by Crippen LogP contribution is 2.60. The van der Waals surface area contributed by atoms with Crippen LogP contribution in [-0.2, 0) is 28.7 Å². The molecule has 4 rings (SSSR count). The fourth-order valence-corrected chi connectivity index (χ4v) is 6.15. The van der Waals surface area contributed by atoms with Gasteiger partial charge < -0.3 is 9.47 Å². The number of ether oxygens (including phenoxy) is 2. The van der Waals surface area contributed by atoms with E-state index in [2.05, 4.69) is 6.58 Å². The van der Waals surface area contributed by atoms with Crippen LogP contribution in [0.2, 0.25) is 0 Å². The second kappa shape index (κ2) is 5.85. The highest BCUT2D eigenvalue weighted by atomic mass is 16.6. The van der Waals surface area contributed by atoms with E-state index in [0.717, 1.165) is 0 Å². The van der Waals surface area contributed by atoms with E-state index in [1.165, 1.54) is 6.92 Å². The second-order valence-electron chi connectivity index (χ2n) is 9.75. The Morgan fingerprint density at radius 3 is 2.46 bits per heavy atom. The van der Waals surface area contributed by atoms with Crippen molar-refractivity contribution in [1.29, 1.82) is 0 Å². The highest BCUT2D eigenvalue weighted by molar-refractivity contribution is 6.23. The van der Waals surface area contributed by atoms with Crippen molar-refractivity contribution >= 4 is 23.3 Å². The zero-order valence-corrected chi connectivity index (χ0v) is 17.0. The van der Waals surface area contributed by atoms with E-state index >= 15 is 0 Å². The Balaban J connectivity index is 1.75. The Kier molecular flexibility index (Phi) is 4.07. The maximum atomic E-state index is 13.3. The van der Waals surface area contributed by atoms with Crippen molar-refractivity contribution in [3.05, 3.63) is 12.2 Å². The monoisotopic (exact) mass is 388 g/mol. The highest BCUT2D eigenvalue weighted by Gasteiger charge is 2.76. The third-order valence-electron chi connectivity index (χ3n) is 7.95. The Bertz CT molecular complexity index is 810. The molecule has 0 aromatic rings. The van der Waals surface area contributed by atoms with Gasteiger partial charge in [-0.1, -0.05) is 27.4 Å². The SMILES string of the molecule is C=C1C(=O)[C@]23OC2[C@H]1CCC(=O)[C@@]1(C)CC[C@H](OC(C)=O)C(C)(C)[C@H]1CC3=O. The van der Waals surface area contributed by atoms with Crippen LogP contribution in [0.15, 0.2) is 12.2 Å². The molecule has 4 fully saturated rings. The molecular formula is C22H28O6. The molecule has 28 heavy (non-hydrogen) atoms. The normalized spacial score (nSPS) is 44.6. The molecule has 2 bridgehead atoms. The Hall–Kier alpha value is -1.82. The third kappa shape index (κ3) is 2.36. The molecule has 0 amide bonds. The average molecular weight is 388 g/mol. The summed E-state index contributed by atoms with van der Waals surface area (Å²) in [5.74, 6) is -1.41. The lowest BCUT2D eigenvalue weighted by molar-refractivity contribution is -0.172. The van der Waals surface area contributed by atoms with E-state index < -0.39 is 22.5 Å². The van der Waals surface area contributed by atoms with Crippen molar-refractivity contribution in [2.24, 2.45) is 22.7 Å². The minimum atomic E-state index is -1.38. The summed E-state index contributed by atoms with van der Waals surface area (Å²) in [5.41, 5.74) is -2.24. The van der Waals surface area contributed by atoms with Crippen molar-refractivity contribution in [3.8, 4) is 0 Å². The zero-order chi connectivity index (χ0) is 20.6. The predicted octanol–water partition coefficient (Wildman–Crippen LogP) is 2.58. The summed E-state index contributed by atoms with van der Waals surface area (Å²) < 4.78 is 11.2. The molecule has 1 saturated heterocycles. The lowest BCUT2D eigenvalue weighted by Gasteiger charge is -2.53. The number of epoxide rings is 1. The molecule has 3 saturated carbocycles. The molecule has 6 heteroatoms. The first kappa shape index (κ1) is 19.5. The van der Waals surface area contributed by atoms with Gasteiger partial charge in [0, 0.05) is 36.5 Å². The molecule has 6 atom stereocenters. The number of fused-ring (bicyclic) bond motifs is 1. The van der Waals surface area contributed by atoms with Crippen LogP contribution in [0.4, 0.5) is 0 Å². The smallest absolute Gasteiger partial charge is 0.302 e. The quantitative estimate of drug-likeness (QED) is 0.297. The first-order chi connectivity index (χ1) is 13.0. The van der Waals surface area contributed by atoms with Gasteiger partial charge in [-0.2, -0.15) is 0 Å². The first-order valence-corrected chi connectivity index (χ1v) is 10.1. The summed E-state index contributed by atoms with van der Waals surface area (Å²) in [6.07, 6.45) is 1.19. The van der Waals surface area contributed by atoms with Gasteiger partial charge in [0.15, 0.2) is 5.78 Å². The van der Waals surface area contributed by atoms with Crippen LogP contribution in [-0.4, -0.2) is 41.1 Å². The molecule has 0 aromatic carbocycles. The van der Waals surface area contributed by atoms with Crippen LogP contribution in [0.1, 0.15) is 59.8 Å². The minimum absolute atomic E-state index is 0.0647. The van der Waals surface area contributed by atoms with Gasteiger partial charge in [0.25, 0.3) is 0 Å². The van der Waals surface area contributed by atoms with Crippen LogP contribution in [0, 0.1) is 22.7 Å². The standard InChI is InChI=1S/C22H28O6/c1-11-13-6-7-15(24)21(5)9-8-17(27-12(2)23)20(3,4)14(21)10-16(25)22(18(11)26)19(13)28-22/h13-14,17,19H,1,6-10H2,2-5H3/t13-,14+,17-,19?,21-,22-/m0/s1. The van der Waals surface area contributed by atoms with Gasteiger partial charge in [0.2, 0.25) is 11.4 Å². The number of esters is 1. The lowest BCUT2D eigenvalue weighted by Crippen LogP contribution is -2.55. The molecule has 1 unspecified atom stereocenters. The third-order valence-corrected chi connectivity index (χ3v) is 7.95. The molecule has 1 heterocycles. The molecule has 0 aromatic heterocycles. The van der Waals surface area contributed by atoms with Gasteiger partial charge in [-0.3, -0.25) is 19.2 Å². The fourth-order valence-electron chi connectivity index (χ4n) is 6.15. The summed E-state index contributed by atoms with van der Waals surface area (Å²) in [7, 11) is 0. The minimum Gasteiger partial charge on any atom is -0.462 e. The van der Waals surface area contributed by atoms with E-state index in [1.807, 2.05) is 20.8 Å². The summed E-state index contributed by atoms with van der Waals surface area (Å²) in [6.45, 7) is 11.1. The molecule has 6 nitrogen and oxygen atoms in total. The number of carbonyl (C=O) groups excluding carboxylic acids is 4. The molecule has 3 aliphatic carbocycles. The van der Waals surface area contributed by atoms with Crippen molar-refractivity contribution in [2.75, 3.05) is 0 Å². The summed E-state index contributed by atoms with van der Waals surface area (Å²) in [4.78, 5) is 51.0. The molecule has 1 aliphatic heterocycles. The maximum Gasteiger partial charge on any atom is 0.302 e. The molecule has 0 radical (unpaired) electrons. The average Bonchev–Trinajstić information content (AvgIpc) is 3.31. The van der Waals surface area contributed by atoms with Gasteiger partial charge >= 0.3 is 5.97 Å². The summed E-state index contributed by atoms with van der Waals surface area (Å²) in [5, 5.41) is 0. The number of rotatable bonds is 1. The molecule has 0 N–H and O–H groups in total.